The molecule has 4 rings (SSSR count). The molecule has 0 bridgehead atoms. The first kappa shape index (κ1) is 16.6. The molecule has 1 aliphatic heterocycles. The molecule has 1 fully saturated rings. The molecule has 0 unspecified atom stereocenters. The minimum Gasteiger partial charge on any atom is -0.497 e. The topological polar surface area (TPSA) is 42.3 Å². The zero-order chi connectivity index (χ0) is 18.1. The van der Waals surface area contributed by atoms with E-state index in [9.17, 15) is 0 Å². The van der Waals surface area contributed by atoms with Gasteiger partial charge in [-0.3, -0.25) is 4.98 Å². The van der Waals surface area contributed by atoms with Crippen LogP contribution in [0.2, 0.25) is 0 Å². The van der Waals surface area contributed by atoms with Gasteiger partial charge in [0.05, 0.1) is 24.9 Å². The van der Waals surface area contributed by atoms with Crippen molar-refractivity contribution in [2.24, 2.45) is 7.05 Å². The second kappa shape index (κ2) is 6.80. The minimum absolute atomic E-state index is 0.00528. The summed E-state index contributed by atoms with van der Waals surface area (Å²) in [6, 6.07) is 16.0. The van der Waals surface area contributed by atoms with Crippen LogP contribution in [0.3, 0.4) is 0 Å². The van der Waals surface area contributed by atoms with Gasteiger partial charge in [0.25, 0.3) is 0 Å². The fourth-order valence-electron chi connectivity index (χ4n) is 3.43. The number of aromatic nitrogens is 2. The van der Waals surface area contributed by atoms with Crippen LogP contribution in [-0.2, 0) is 7.05 Å². The third kappa shape index (κ3) is 2.93. The Kier molecular flexibility index (Phi) is 4.34. The average Bonchev–Trinajstić information content (AvgIpc) is 3.25. The van der Waals surface area contributed by atoms with Crippen molar-refractivity contribution in [3.63, 3.8) is 0 Å². The molecule has 3 aromatic rings. The van der Waals surface area contributed by atoms with Crippen molar-refractivity contribution in [1.29, 1.82) is 0 Å². The summed E-state index contributed by atoms with van der Waals surface area (Å²) in [6.07, 6.45) is 6.00. The average molecular weight is 364 g/mol. The van der Waals surface area contributed by atoms with Gasteiger partial charge in [0.2, 0.25) is 0 Å². The van der Waals surface area contributed by atoms with E-state index in [2.05, 4.69) is 38.2 Å². The van der Waals surface area contributed by atoms with Crippen LogP contribution in [-0.4, -0.2) is 21.8 Å². The van der Waals surface area contributed by atoms with Gasteiger partial charge in [-0.05, 0) is 48.1 Å². The molecule has 132 valence electrons. The van der Waals surface area contributed by atoms with E-state index in [1.807, 2.05) is 55.7 Å². The Morgan fingerprint density at radius 1 is 1.15 bits per heavy atom. The first-order valence-electron chi connectivity index (χ1n) is 8.44. The molecule has 1 aliphatic rings. The Morgan fingerprint density at radius 2 is 2.04 bits per heavy atom. The highest BCUT2D eigenvalue weighted by Crippen LogP contribution is 2.42. The smallest absolute Gasteiger partial charge is 0.174 e. The number of pyridine rings is 1. The number of rotatable bonds is 4. The number of aryl methyl sites for hydroxylation is 1. The van der Waals surface area contributed by atoms with Crippen LogP contribution in [0.25, 0.3) is 0 Å². The summed E-state index contributed by atoms with van der Waals surface area (Å²) in [5.41, 5.74) is 3.14. The van der Waals surface area contributed by atoms with Crippen molar-refractivity contribution in [3.05, 3.63) is 78.4 Å². The molecule has 6 heteroatoms. The van der Waals surface area contributed by atoms with Gasteiger partial charge in [0, 0.05) is 37.4 Å². The molecule has 2 aromatic heterocycles. The zero-order valence-corrected chi connectivity index (χ0v) is 15.5. The summed E-state index contributed by atoms with van der Waals surface area (Å²) in [5, 5.41) is 4.14. The van der Waals surface area contributed by atoms with Gasteiger partial charge in [-0.15, -0.1) is 0 Å². The lowest BCUT2D eigenvalue weighted by Crippen LogP contribution is -2.29. The van der Waals surface area contributed by atoms with E-state index in [-0.39, 0.29) is 12.1 Å². The molecule has 1 saturated heterocycles. The molecule has 0 radical (unpaired) electrons. The first-order valence-corrected chi connectivity index (χ1v) is 8.85. The lowest BCUT2D eigenvalue weighted by atomic mass is 9.98. The largest absolute Gasteiger partial charge is 0.497 e. The first-order chi connectivity index (χ1) is 12.7. The number of thiocarbonyl (C=S) groups is 1. The van der Waals surface area contributed by atoms with Gasteiger partial charge >= 0.3 is 0 Å². The molecule has 0 saturated carbocycles. The molecule has 0 amide bonds. The van der Waals surface area contributed by atoms with E-state index in [1.54, 1.807) is 7.11 Å². The number of methoxy groups -OCH3 is 1. The monoisotopic (exact) mass is 364 g/mol. The predicted octanol–water partition coefficient (Wildman–Crippen LogP) is 3.61. The van der Waals surface area contributed by atoms with Crippen LogP contribution >= 0.6 is 12.2 Å². The zero-order valence-electron chi connectivity index (χ0n) is 14.7. The Balaban J connectivity index is 1.82. The van der Waals surface area contributed by atoms with Gasteiger partial charge in [0.1, 0.15) is 5.75 Å². The maximum atomic E-state index is 5.70. The maximum absolute atomic E-state index is 5.70. The van der Waals surface area contributed by atoms with Crippen molar-refractivity contribution in [2.75, 3.05) is 12.0 Å². The van der Waals surface area contributed by atoms with E-state index in [4.69, 9.17) is 17.0 Å². The molecule has 1 N–H and O–H groups in total. The van der Waals surface area contributed by atoms with Crippen LogP contribution in [0.5, 0.6) is 5.75 Å². The maximum Gasteiger partial charge on any atom is 0.174 e. The Morgan fingerprint density at radius 3 is 2.73 bits per heavy atom. The van der Waals surface area contributed by atoms with Crippen molar-refractivity contribution in [2.45, 2.75) is 12.1 Å². The van der Waals surface area contributed by atoms with E-state index in [1.165, 1.54) is 5.56 Å². The molecule has 5 nitrogen and oxygen atoms in total. The quantitative estimate of drug-likeness (QED) is 0.717. The SMILES string of the molecule is COc1cccc(N2C(=S)N[C@H](c3ccccn3)[C@@H]2c2ccn(C)c2)c1. The van der Waals surface area contributed by atoms with Crippen molar-refractivity contribution < 1.29 is 4.74 Å². The van der Waals surface area contributed by atoms with Crippen molar-refractivity contribution in [1.82, 2.24) is 14.9 Å². The van der Waals surface area contributed by atoms with Crippen LogP contribution in [0.1, 0.15) is 23.3 Å². The lowest BCUT2D eigenvalue weighted by molar-refractivity contribution is 0.415. The van der Waals surface area contributed by atoms with Crippen LogP contribution < -0.4 is 15.0 Å². The summed E-state index contributed by atoms with van der Waals surface area (Å²) in [4.78, 5) is 6.70. The highest BCUT2D eigenvalue weighted by atomic mass is 32.1. The molecular formula is C20H20N4OS. The summed E-state index contributed by atoms with van der Waals surface area (Å²) < 4.78 is 7.45. The summed E-state index contributed by atoms with van der Waals surface area (Å²) in [7, 11) is 3.70. The Hall–Kier alpha value is -2.86. The molecule has 1 aromatic carbocycles. The standard InChI is InChI=1S/C20H20N4OS/c1-23-11-9-14(13-23)19-18(17-8-3-4-10-21-17)22-20(26)24(19)15-6-5-7-16(12-15)25-2/h3-13,18-19H,1-2H3,(H,22,26)/t18-,19+/m1/s1. The van der Waals surface area contributed by atoms with E-state index in [0.717, 1.165) is 17.1 Å². The molecule has 0 aliphatic carbocycles. The van der Waals surface area contributed by atoms with Gasteiger partial charge in [-0.1, -0.05) is 12.1 Å². The number of hydrogen-bond acceptors (Lipinski definition) is 3. The van der Waals surface area contributed by atoms with Gasteiger partial charge in [-0.25, -0.2) is 0 Å². The van der Waals surface area contributed by atoms with Gasteiger partial charge in [0.15, 0.2) is 5.11 Å². The number of anilines is 1. The Bertz CT molecular complexity index is 924. The second-order valence-electron chi connectivity index (χ2n) is 6.31. The van der Waals surface area contributed by atoms with Crippen molar-refractivity contribution in [3.8, 4) is 5.75 Å². The molecule has 0 spiro atoms. The van der Waals surface area contributed by atoms with Crippen molar-refractivity contribution >= 4 is 23.0 Å². The minimum atomic E-state index is -0.0303. The number of nitrogens with zero attached hydrogens (tertiary/aromatic N) is 3. The number of hydrogen-bond donors (Lipinski definition) is 1. The number of benzene rings is 1. The van der Waals surface area contributed by atoms with E-state index in [0.29, 0.717) is 5.11 Å². The fraction of sp³-hybridized carbons (Fsp3) is 0.200. The van der Waals surface area contributed by atoms with E-state index < -0.39 is 0 Å². The molecule has 3 heterocycles. The highest BCUT2D eigenvalue weighted by Gasteiger charge is 2.41. The third-order valence-corrected chi connectivity index (χ3v) is 4.94. The number of nitrogens with one attached hydrogen (secondary N) is 1. The second-order valence-corrected chi connectivity index (χ2v) is 6.70. The lowest BCUT2D eigenvalue weighted by Gasteiger charge is -2.27. The normalized spacial score (nSPS) is 19.5. The molecular weight excluding hydrogens is 344 g/mol. The van der Waals surface area contributed by atoms with Crippen LogP contribution in [0.15, 0.2) is 67.1 Å². The summed E-state index contributed by atoms with van der Waals surface area (Å²) in [6.45, 7) is 0. The third-order valence-electron chi connectivity index (χ3n) is 4.63. The molecule has 26 heavy (non-hydrogen) atoms. The van der Waals surface area contributed by atoms with Gasteiger partial charge in [-0.2, -0.15) is 0 Å². The predicted molar refractivity (Wildman–Crippen MR) is 106 cm³/mol. The highest BCUT2D eigenvalue weighted by molar-refractivity contribution is 7.80. The summed E-state index contributed by atoms with van der Waals surface area (Å²) in [5.74, 6) is 0.804. The van der Waals surface area contributed by atoms with Crippen LogP contribution in [0, 0.1) is 0 Å². The molecule has 2 atom stereocenters. The van der Waals surface area contributed by atoms with Crippen LogP contribution in [0.4, 0.5) is 5.69 Å². The number of ether oxygens (including phenoxy) is 1. The Labute approximate surface area is 158 Å². The van der Waals surface area contributed by atoms with Gasteiger partial charge < -0.3 is 19.5 Å². The fourth-order valence-corrected chi connectivity index (χ4v) is 3.78. The van der Waals surface area contributed by atoms with E-state index >= 15 is 0 Å². The summed E-state index contributed by atoms with van der Waals surface area (Å²) >= 11 is 5.70.